The molecule has 0 radical (unpaired) electrons. The number of rotatable bonds is 6. The van der Waals surface area contributed by atoms with Crippen molar-refractivity contribution in [2.24, 2.45) is 5.41 Å². The highest BCUT2D eigenvalue weighted by molar-refractivity contribution is 5.94. The third-order valence-corrected chi connectivity index (χ3v) is 6.04. The van der Waals surface area contributed by atoms with E-state index in [1.807, 2.05) is 27.7 Å². The first kappa shape index (κ1) is 21.6. The summed E-state index contributed by atoms with van der Waals surface area (Å²) in [7, 11) is 0. The first-order valence-electron chi connectivity index (χ1n) is 10.5. The summed E-state index contributed by atoms with van der Waals surface area (Å²) in [5.41, 5.74) is 2.91. The number of ether oxygens (including phenoxy) is 2. The van der Waals surface area contributed by atoms with E-state index >= 15 is 0 Å². The van der Waals surface area contributed by atoms with Gasteiger partial charge in [-0.1, -0.05) is 0 Å². The van der Waals surface area contributed by atoms with Crippen LogP contribution in [0.25, 0.3) is 0 Å². The van der Waals surface area contributed by atoms with E-state index in [2.05, 4.69) is 10.2 Å². The van der Waals surface area contributed by atoms with Crippen molar-refractivity contribution < 1.29 is 19.1 Å². The predicted molar refractivity (Wildman–Crippen MR) is 112 cm³/mol. The summed E-state index contributed by atoms with van der Waals surface area (Å²) in [6.45, 7) is 12.9. The van der Waals surface area contributed by atoms with E-state index in [9.17, 15) is 9.59 Å². The molecule has 3 rings (SSSR count). The summed E-state index contributed by atoms with van der Waals surface area (Å²) in [5, 5.41) is 3.04. The molecule has 1 spiro atoms. The highest BCUT2D eigenvalue weighted by atomic mass is 16.6. The Balaban J connectivity index is 1.55. The molecular formula is C22H33N3O4. The minimum absolute atomic E-state index is 0.00834. The Morgan fingerprint density at radius 1 is 1.14 bits per heavy atom. The minimum Gasteiger partial charge on any atom is -0.410 e. The summed E-state index contributed by atoms with van der Waals surface area (Å²) in [6, 6.07) is 3.59. The van der Waals surface area contributed by atoms with Crippen LogP contribution in [-0.4, -0.2) is 67.7 Å². The van der Waals surface area contributed by atoms with Crippen LogP contribution < -0.4 is 10.1 Å². The Kier molecular flexibility index (Phi) is 6.80. The zero-order chi connectivity index (χ0) is 21.0. The van der Waals surface area contributed by atoms with Crippen LogP contribution in [0.4, 0.5) is 10.5 Å². The fourth-order valence-corrected chi connectivity index (χ4v) is 4.34. The monoisotopic (exact) mass is 403 g/mol. The number of aryl methyl sites for hydroxylation is 2. The number of benzene rings is 1. The minimum atomic E-state index is -0.356. The van der Waals surface area contributed by atoms with Crippen molar-refractivity contribution in [3.63, 3.8) is 0 Å². The van der Waals surface area contributed by atoms with Gasteiger partial charge in [-0.05, 0) is 63.8 Å². The largest absolute Gasteiger partial charge is 0.415 e. The fourth-order valence-electron chi connectivity index (χ4n) is 4.34. The quantitative estimate of drug-likeness (QED) is 0.790. The van der Waals surface area contributed by atoms with Crippen LogP contribution in [0.2, 0.25) is 0 Å². The van der Waals surface area contributed by atoms with Gasteiger partial charge < -0.3 is 19.7 Å². The first-order chi connectivity index (χ1) is 13.9. The molecule has 1 aromatic carbocycles. The smallest absolute Gasteiger partial charge is 0.410 e. The zero-order valence-corrected chi connectivity index (χ0v) is 18.0. The van der Waals surface area contributed by atoms with Crippen LogP contribution >= 0.6 is 0 Å². The number of likely N-dealkylation sites (tertiary alicyclic amines) is 1. The fraction of sp³-hybridized carbons (Fsp3) is 0.636. The topological polar surface area (TPSA) is 71.1 Å². The van der Waals surface area contributed by atoms with E-state index in [4.69, 9.17) is 9.47 Å². The lowest BCUT2D eigenvalue weighted by atomic mass is 9.73. The van der Waals surface area contributed by atoms with Crippen molar-refractivity contribution >= 4 is 17.7 Å². The van der Waals surface area contributed by atoms with E-state index < -0.39 is 0 Å². The van der Waals surface area contributed by atoms with Gasteiger partial charge in [0.05, 0.1) is 6.54 Å². The van der Waals surface area contributed by atoms with Crippen molar-refractivity contribution in [2.45, 2.75) is 40.5 Å². The molecule has 0 bridgehead atoms. The third kappa shape index (κ3) is 5.08. The number of hydrogen-bond acceptors (Lipinski definition) is 5. The van der Waals surface area contributed by atoms with Gasteiger partial charge in [0, 0.05) is 50.5 Å². The molecule has 2 fully saturated rings. The second-order valence-electron chi connectivity index (χ2n) is 8.28. The molecule has 29 heavy (non-hydrogen) atoms. The molecule has 2 amide bonds. The number of nitrogens with zero attached hydrogens (tertiary/aromatic N) is 2. The predicted octanol–water partition coefficient (Wildman–Crippen LogP) is 3.19. The van der Waals surface area contributed by atoms with Crippen LogP contribution in [0, 0.1) is 19.3 Å². The van der Waals surface area contributed by atoms with Gasteiger partial charge in [-0.25, -0.2) is 4.79 Å². The number of carbonyl (C=O) groups excluding carboxylic acids is 2. The number of amides is 2. The van der Waals surface area contributed by atoms with Gasteiger partial charge in [-0.15, -0.1) is 0 Å². The standard InChI is InChI=1S/C22H33N3O4/c1-5-25(6-2)21(27)29-18-11-16(3)20(17(4)12-18)23-19(26)13-24-14-22(15-24)7-9-28-10-8-22/h11-12H,5-10,13-15H2,1-4H3,(H,23,26). The molecule has 1 aromatic rings. The van der Waals surface area contributed by atoms with Crippen molar-refractivity contribution in [1.82, 2.24) is 9.80 Å². The van der Waals surface area contributed by atoms with Gasteiger partial charge in [0.25, 0.3) is 0 Å². The zero-order valence-electron chi connectivity index (χ0n) is 18.0. The average molecular weight is 404 g/mol. The van der Waals surface area contributed by atoms with E-state index in [1.54, 1.807) is 17.0 Å². The van der Waals surface area contributed by atoms with E-state index in [0.29, 0.717) is 30.8 Å². The molecule has 2 aliphatic rings. The Labute approximate surface area is 173 Å². The molecule has 7 heteroatoms. The van der Waals surface area contributed by atoms with Gasteiger partial charge >= 0.3 is 6.09 Å². The maximum Gasteiger partial charge on any atom is 0.415 e. The molecule has 0 saturated carbocycles. The lowest BCUT2D eigenvalue weighted by Crippen LogP contribution is -2.59. The first-order valence-corrected chi connectivity index (χ1v) is 10.5. The molecule has 7 nitrogen and oxygen atoms in total. The molecule has 160 valence electrons. The molecule has 2 saturated heterocycles. The summed E-state index contributed by atoms with van der Waals surface area (Å²) < 4.78 is 10.9. The molecule has 0 aromatic heterocycles. The van der Waals surface area contributed by atoms with E-state index in [-0.39, 0.29) is 12.0 Å². The van der Waals surface area contributed by atoms with Gasteiger partial charge in [0.15, 0.2) is 0 Å². The summed E-state index contributed by atoms with van der Waals surface area (Å²) >= 11 is 0. The molecular weight excluding hydrogens is 370 g/mol. The number of hydrogen-bond donors (Lipinski definition) is 1. The molecule has 2 aliphatic heterocycles. The van der Waals surface area contributed by atoms with E-state index in [1.165, 1.54) is 0 Å². The second-order valence-corrected chi connectivity index (χ2v) is 8.28. The van der Waals surface area contributed by atoms with Crippen molar-refractivity contribution in [3.8, 4) is 5.75 Å². The number of anilines is 1. The normalized spacial score (nSPS) is 18.2. The Morgan fingerprint density at radius 2 is 1.72 bits per heavy atom. The molecule has 0 unspecified atom stereocenters. The van der Waals surface area contributed by atoms with Gasteiger partial charge in [0.2, 0.25) is 5.91 Å². The number of carbonyl (C=O) groups is 2. The van der Waals surface area contributed by atoms with E-state index in [0.717, 1.165) is 56.0 Å². The van der Waals surface area contributed by atoms with Gasteiger partial charge in [-0.3, -0.25) is 9.69 Å². The molecule has 2 heterocycles. The average Bonchev–Trinajstić information content (AvgIpc) is 2.65. The molecule has 1 N–H and O–H groups in total. The Bertz CT molecular complexity index is 723. The summed E-state index contributed by atoms with van der Waals surface area (Å²) in [6.07, 6.45) is 1.83. The lowest BCUT2D eigenvalue weighted by molar-refractivity contribution is -0.124. The van der Waals surface area contributed by atoms with Crippen LogP contribution in [0.15, 0.2) is 12.1 Å². The van der Waals surface area contributed by atoms with Crippen molar-refractivity contribution in [3.05, 3.63) is 23.3 Å². The second kappa shape index (κ2) is 9.13. The van der Waals surface area contributed by atoms with Crippen LogP contribution in [0.3, 0.4) is 0 Å². The SMILES string of the molecule is CCN(CC)C(=O)Oc1cc(C)c(NC(=O)CN2CC3(CCOCC3)C2)c(C)c1. The van der Waals surface area contributed by atoms with Crippen LogP contribution in [0.1, 0.15) is 37.8 Å². The maximum absolute atomic E-state index is 12.6. The molecule has 0 aliphatic carbocycles. The van der Waals surface area contributed by atoms with Gasteiger partial charge in [0.1, 0.15) is 5.75 Å². The highest BCUT2D eigenvalue weighted by Gasteiger charge is 2.44. The Hall–Kier alpha value is -2.12. The third-order valence-electron chi connectivity index (χ3n) is 6.04. The lowest BCUT2D eigenvalue weighted by Gasteiger charge is -2.52. The summed E-state index contributed by atoms with van der Waals surface area (Å²) in [4.78, 5) is 28.5. The van der Waals surface area contributed by atoms with Crippen molar-refractivity contribution in [2.75, 3.05) is 51.3 Å². The molecule has 0 atom stereocenters. The highest BCUT2D eigenvalue weighted by Crippen LogP contribution is 2.39. The van der Waals surface area contributed by atoms with Crippen LogP contribution in [-0.2, 0) is 9.53 Å². The van der Waals surface area contributed by atoms with Crippen molar-refractivity contribution in [1.29, 1.82) is 0 Å². The van der Waals surface area contributed by atoms with Crippen LogP contribution in [0.5, 0.6) is 5.75 Å². The maximum atomic E-state index is 12.6. The van der Waals surface area contributed by atoms with Gasteiger partial charge in [-0.2, -0.15) is 0 Å². The number of nitrogens with one attached hydrogen (secondary N) is 1. The summed E-state index contributed by atoms with van der Waals surface area (Å²) in [5.74, 6) is 0.491. The Morgan fingerprint density at radius 3 is 2.28 bits per heavy atom.